The number of ether oxygens (including phenoxy) is 1. The molecule has 0 spiro atoms. The van der Waals surface area contributed by atoms with Gasteiger partial charge in [0.1, 0.15) is 0 Å². The fourth-order valence-electron chi connectivity index (χ4n) is 4.09. The highest BCUT2D eigenvalue weighted by Crippen LogP contribution is 2.31. The van der Waals surface area contributed by atoms with Gasteiger partial charge in [0.15, 0.2) is 6.61 Å². The molecule has 1 aromatic heterocycles. The molecule has 1 N–H and O–H groups in total. The molecule has 0 fully saturated rings. The number of nitrogens with zero attached hydrogens (tertiary/aromatic N) is 3. The van der Waals surface area contributed by atoms with Crippen LogP contribution < -0.4 is 10.2 Å². The fourth-order valence-corrected chi connectivity index (χ4v) is 4.09. The first-order valence-electron chi connectivity index (χ1n) is 11.0. The summed E-state index contributed by atoms with van der Waals surface area (Å²) < 4.78 is 7.05. The van der Waals surface area contributed by atoms with Gasteiger partial charge in [0.05, 0.1) is 22.8 Å². The lowest BCUT2D eigenvalue weighted by Crippen LogP contribution is -2.41. The summed E-state index contributed by atoms with van der Waals surface area (Å²) in [6, 6.07) is 16.4. The lowest BCUT2D eigenvalue weighted by atomic mass is 10.1. The molecule has 0 bridgehead atoms. The van der Waals surface area contributed by atoms with Crippen molar-refractivity contribution >= 4 is 35.2 Å². The van der Waals surface area contributed by atoms with Crippen LogP contribution in [0.1, 0.15) is 30.3 Å². The van der Waals surface area contributed by atoms with Crippen molar-refractivity contribution in [3.63, 3.8) is 0 Å². The van der Waals surface area contributed by atoms with Crippen molar-refractivity contribution in [1.29, 1.82) is 0 Å². The molecule has 1 atom stereocenters. The first-order chi connectivity index (χ1) is 16.3. The zero-order chi connectivity index (χ0) is 24.2. The molecule has 3 aromatic rings. The van der Waals surface area contributed by atoms with Gasteiger partial charge in [-0.3, -0.25) is 9.59 Å². The molecular formula is C26H26N4O4. The maximum Gasteiger partial charge on any atom is 0.331 e. The van der Waals surface area contributed by atoms with E-state index in [1.807, 2.05) is 48.9 Å². The van der Waals surface area contributed by atoms with Gasteiger partial charge in [-0.05, 0) is 51.1 Å². The predicted octanol–water partition coefficient (Wildman–Crippen LogP) is 3.81. The van der Waals surface area contributed by atoms with Crippen molar-refractivity contribution in [3.05, 3.63) is 77.6 Å². The number of aromatic nitrogens is 2. The van der Waals surface area contributed by atoms with Crippen LogP contribution in [0.25, 0.3) is 11.8 Å². The van der Waals surface area contributed by atoms with Crippen molar-refractivity contribution in [2.45, 2.75) is 33.2 Å². The summed E-state index contributed by atoms with van der Waals surface area (Å²) in [6.07, 6.45) is 3.10. The second-order valence-electron chi connectivity index (χ2n) is 8.16. The number of para-hydroxylation sites is 3. The van der Waals surface area contributed by atoms with Gasteiger partial charge in [-0.25, -0.2) is 9.48 Å². The van der Waals surface area contributed by atoms with E-state index in [0.717, 1.165) is 22.6 Å². The summed E-state index contributed by atoms with van der Waals surface area (Å²) in [7, 11) is 0. The Morgan fingerprint density at radius 1 is 1.12 bits per heavy atom. The smallest absolute Gasteiger partial charge is 0.331 e. The van der Waals surface area contributed by atoms with E-state index in [1.54, 1.807) is 37.3 Å². The minimum absolute atomic E-state index is 0.151. The van der Waals surface area contributed by atoms with Crippen LogP contribution >= 0.6 is 0 Å². The number of hydrogen-bond acceptors (Lipinski definition) is 5. The van der Waals surface area contributed by atoms with Gasteiger partial charge >= 0.3 is 5.97 Å². The van der Waals surface area contributed by atoms with E-state index in [9.17, 15) is 14.4 Å². The Morgan fingerprint density at radius 3 is 2.59 bits per heavy atom. The van der Waals surface area contributed by atoms with Gasteiger partial charge in [-0.2, -0.15) is 5.10 Å². The lowest BCUT2D eigenvalue weighted by Gasteiger charge is -2.27. The van der Waals surface area contributed by atoms with E-state index in [1.165, 1.54) is 11.0 Å². The quantitative estimate of drug-likeness (QED) is 0.464. The average Bonchev–Trinajstić information content (AvgIpc) is 3.03. The number of nitrogens with one attached hydrogen (secondary N) is 1. The van der Waals surface area contributed by atoms with Gasteiger partial charge in [-0.15, -0.1) is 0 Å². The maximum atomic E-state index is 13.0. The topological polar surface area (TPSA) is 93.5 Å². The molecule has 1 aliphatic rings. The van der Waals surface area contributed by atoms with E-state index in [-0.39, 0.29) is 18.4 Å². The standard InChI is InChI=1S/C26H26N4O4/c1-17-15-24(31)27-22-11-7-8-12-23(22)29(17)25(32)16-34-26(33)14-13-21-18(2)28-30(19(21)3)20-9-5-4-6-10-20/h4-14,17H,15-16H2,1-3H3,(H,27,31). The second-order valence-corrected chi connectivity index (χ2v) is 8.16. The number of carbonyl (C=O) groups excluding carboxylic acids is 3. The molecule has 1 aliphatic heterocycles. The minimum atomic E-state index is -0.635. The van der Waals surface area contributed by atoms with E-state index in [4.69, 9.17) is 4.74 Å². The van der Waals surface area contributed by atoms with Crippen LogP contribution in [0.4, 0.5) is 11.4 Å². The van der Waals surface area contributed by atoms with Crippen molar-refractivity contribution < 1.29 is 19.1 Å². The number of esters is 1. The molecule has 2 aromatic carbocycles. The summed E-state index contributed by atoms with van der Waals surface area (Å²) in [5.74, 6) is -1.20. The first kappa shape index (κ1) is 23.0. The van der Waals surface area contributed by atoms with Gasteiger partial charge in [0, 0.05) is 29.8 Å². The number of amides is 2. The summed E-state index contributed by atoms with van der Waals surface area (Å²) in [5, 5.41) is 7.36. The molecule has 2 amide bonds. The van der Waals surface area contributed by atoms with Crippen molar-refractivity contribution in [2.24, 2.45) is 0 Å². The van der Waals surface area contributed by atoms with Crippen LogP contribution in [0.5, 0.6) is 0 Å². The van der Waals surface area contributed by atoms with Crippen LogP contribution in [0.2, 0.25) is 0 Å². The van der Waals surface area contributed by atoms with Crippen LogP contribution in [0.3, 0.4) is 0 Å². The zero-order valence-corrected chi connectivity index (χ0v) is 19.3. The molecule has 0 saturated heterocycles. The summed E-state index contributed by atoms with van der Waals surface area (Å²) >= 11 is 0. The van der Waals surface area contributed by atoms with Crippen LogP contribution in [0.15, 0.2) is 60.7 Å². The monoisotopic (exact) mass is 458 g/mol. The highest BCUT2D eigenvalue weighted by Gasteiger charge is 2.29. The summed E-state index contributed by atoms with van der Waals surface area (Å²) in [4.78, 5) is 38.9. The molecule has 0 saturated carbocycles. The number of fused-ring (bicyclic) bond motifs is 1. The van der Waals surface area contributed by atoms with Crippen molar-refractivity contribution in [2.75, 3.05) is 16.8 Å². The predicted molar refractivity (Wildman–Crippen MR) is 130 cm³/mol. The van der Waals surface area contributed by atoms with Crippen LogP contribution in [-0.2, 0) is 19.1 Å². The Balaban J connectivity index is 1.44. The Bertz CT molecular complexity index is 1260. The number of aryl methyl sites for hydroxylation is 1. The van der Waals surface area contributed by atoms with Gasteiger partial charge < -0.3 is 15.0 Å². The van der Waals surface area contributed by atoms with E-state index < -0.39 is 18.5 Å². The SMILES string of the molecule is Cc1nn(-c2ccccc2)c(C)c1C=CC(=O)OCC(=O)N1c2ccccc2NC(=O)CC1C. The molecule has 8 nitrogen and oxygen atoms in total. The number of carbonyl (C=O) groups is 3. The third-order valence-corrected chi connectivity index (χ3v) is 5.70. The third-order valence-electron chi connectivity index (χ3n) is 5.70. The molecule has 174 valence electrons. The summed E-state index contributed by atoms with van der Waals surface area (Å²) in [5.41, 5.74) is 4.53. The largest absolute Gasteiger partial charge is 0.452 e. The van der Waals surface area contributed by atoms with Crippen LogP contribution in [0, 0.1) is 13.8 Å². The molecular weight excluding hydrogens is 432 g/mol. The van der Waals surface area contributed by atoms with E-state index in [0.29, 0.717) is 11.4 Å². The highest BCUT2D eigenvalue weighted by atomic mass is 16.5. The van der Waals surface area contributed by atoms with Gasteiger partial charge in [0.25, 0.3) is 5.91 Å². The lowest BCUT2D eigenvalue weighted by molar-refractivity contribution is -0.143. The third kappa shape index (κ3) is 4.76. The summed E-state index contributed by atoms with van der Waals surface area (Å²) in [6.45, 7) is 5.15. The number of anilines is 2. The maximum absolute atomic E-state index is 13.0. The fraction of sp³-hybridized carbons (Fsp3) is 0.231. The van der Waals surface area contributed by atoms with E-state index in [2.05, 4.69) is 10.4 Å². The van der Waals surface area contributed by atoms with Gasteiger partial charge in [0.2, 0.25) is 5.91 Å². The zero-order valence-electron chi connectivity index (χ0n) is 19.3. The molecule has 4 rings (SSSR count). The van der Waals surface area contributed by atoms with Crippen molar-refractivity contribution in [1.82, 2.24) is 9.78 Å². The number of hydrogen-bond donors (Lipinski definition) is 1. The Kier molecular flexibility index (Phi) is 6.58. The molecule has 1 unspecified atom stereocenters. The molecule has 0 aliphatic carbocycles. The Labute approximate surface area is 197 Å². The first-order valence-corrected chi connectivity index (χ1v) is 11.0. The Morgan fingerprint density at radius 2 is 1.82 bits per heavy atom. The Hall–Kier alpha value is -4.20. The molecule has 34 heavy (non-hydrogen) atoms. The van der Waals surface area contributed by atoms with Crippen molar-refractivity contribution in [3.8, 4) is 5.69 Å². The second kappa shape index (κ2) is 9.74. The molecule has 8 heteroatoms. The van der Waals surface area contributed by atoms with Gasteiger partial charge in [-0.1, -0.05) is 30.3 Å². The minimum Gasteiger partial charge on any atom is -0.452 e. The normalized spacial score (nSPS) is 15.6. The number of benzene rings is 2. The van der Waals surface area contributed by atoms with E-state index >= 15 is 0 Å². The molecule has 2 heterocycles. The number of rotatable bonds is 5. The average molecular weight is 459 g/mol. The van der Waals surface area contributed by atoms with Crippen LogP contribution in [-0.4, -0.2) is 40.2 Å². The molecule has 0 radical (unpaired) electrons. The highest BCUT2D eigenvalue weighted by molar-refractivity contribution is 6.05.